The minimum absolute atomic E-state index is 0. The van der Waals surface area contributed by atoms with Gasteiger partial charge in [-0.05, 0) is 28.4 Å². The third-order valence-corrected chi connectivity index (χ3v) is 2.58. The topological polar surface area (TPSA) is 46.2 Å². The van der Waals surface area contributed by atoms with Crippen molar-refractivity contribution in [2.45, 2.75) is 19.4 Å². The Labute approximate surface area is 101 Å². The summed E-state index contributed by atoms with van der Waals surface area (Å²) < 4.78 is 25.9. The fraction of sp³-hybridized carbons (Fsp3) is 0.333. The van der Waals surface area contributed by atoms with Crippen LogP contribution in [-0.4, -0.2) is 5.11 Å². The number of nitrogens with two attached hydrogens (primary N) is 1. The van der Waals surface area contributed by atoms with Crippen molar-refractivity contribution in [2.24, 2.45) is 5.73 Å². The first kappa shape index (κ1) is 14.6. The molecule has 1 rings (SSSR count). The van der Waals surface area contributed by atoms with Crippen LogP contribution in [0.5, 0.6) is 5.75 Å². The van der Waals surface area contributed by atoms with Crippen LogP contribution in [-0.2, 0) is 0 Å². The Bertz CT molecular complexity index is 362. The number of phenolic OH excluding ortho intramolecular Hbond substituents is 1. The lowest BCUT2D eigenvalue weighted by atomic mass is 10.0. The average molecular weight is 303 g/mol. The van der Waals surface area contributed by atoms with Crippen molar-refractivity contribution in [3.05, 3.63) is 27.7 Å². The normalized spacial score (nSPS) is 12.1. The van der Waals surface area contributed by atoms with E-state index < -0.39 is 23.4 Å². The first-order valence-corrected chi connectivity index (χ1v) is 4.90. The van der Waals surface area contributed by atoms with Crippen LogP contribution in [0.3, 0.4) is 0 Å². The Balaban J connectivity index is 0.00000196. The van der Waals surface area contributed by atoms with E-state index in [1.54, 1.807) is 6.92 Å². The molecule has 15 heavy (non-hydrogen) atoms. The highest BCUT2D eigenvalue weighted by Gasteiger charge is 2.19. The number of halogens is 4. The molecule has 1 aromatic carbocycles. The number of phenols is 1. The van der Waals surface area contributed by atoms with Gasteiger partial charge in [-0.2, -0.15) is 4.39 Å². The van der Waals surface area contributed by atoms with E-state index in [0.29, 0.717) is 6.42 Å². The van der Waals surface area contributed by atoms with Crippen LogP contribution in [0, 0.1) is 11.6 Å². The van der Waals surface area contributed by atoms with E-state index in [-0.39, 0.29) is 22.4 Å². The molecule has 0 aromatic heterocycles. The molecule has 1 aromatic rings. The van der Waals surface area contributed by atoms with E-state index in [1.165, 1.54) is 6.07 Å². The van der Waals surface area contributed by atoms with Gasteiger partial charge < -0.3 is 10.8 Å². The van der Waals surface area contributed by atoms with E-state index in [9.17, 15) is 13.9 Å². The molecule has 0 radical (unpaired) electrons. The van der Waals surface area contributed by atoms with Crippen molar-refractivity contribution in [1.82, 2.24) is 0 Å². The van der Waals surface area contributed by atoms with Crippen LogP contribution >= 0.6 is 28.3 Å². The van der Waals surface area contributed by atoms with Gasteiger partial charge in [0.1, 0.15) is 0 Å². The van der Waals surface area contributed by atoms with Crippen LogP contribution in [0.1, 0.15) is 24.9 Å². The number of benzene rings is 1. The lowest BCUT2D eigenvalue weighted by Gasteiger charge is -2.12. The summed E-state index contributed by atoms with van der Waals surface area (Å²) in [5, 5.41) is 9.29. The maximum absolute atomic E-state index is 13.0. The number of hydrogen-bond acceptors (Lipinski definition) is 2. The second-order valence-corrected chi connectivity index (χ2v) is 3.79. The quantitative estimate of drug-likeness (QED) is 0.824. The first-order chi connectivity index (χ1) is 6.49. The van der Waals surface area contributed by atoms with Crippen LogP contribution < -0.4 is 5.73 Å². The van der Waals surface area contributed by atoms with Crippen molar-refractivity contribution in [2.75, 3.05) is 0 Å². The van der Waals surface area contributed by atoms with Gasteiger partial charge in [0.25, 0.3) is 0 Å². The minimum atomic E-state index is -1.27. The third-order valence-electron chi connectivity index (χ3n) is 2.01. The molecule has 0 heterocycles. The summed E-state index contributed by atoms with van der Waals surface area (Å²) in [6.45, 7) is 1.79. The van der Waals surface area contributed by atoms with E-state index in [1.807, 2.05) is 0 Å². The molecule has 0 spiro atoms. The van der Waals surface area contributed by atoms with Gasteiger partial charge in [-0.3, -0.25) is 0 Å². The van der Waals surface area contributed by atoms with E-state index in [2.05, 4.69) is 15.9 Å². The predicted molar refractivity (Wildman–Crippen MR) is 60.2 cm³/mol. The summed E-state index contributed by atoms with van der Waals surface area (Å²) in [5.74, 6) is -3.08. The molecule has 3 N–H and O–H groups in total. The monoisotopic (exact) mass is 301 g/mol. The Kier molecular flexibility index (Phi) is 5.48. The highest BCUT2D eigenvalue weighted by atomic mass is 79.9. The summed E-state index contributed by atoms with van der Waals surface area (Å²) >= 11 is 2.85. The van der Waals surface area contributed by atoms with Crippen LogP contribution in [0.4, 0.5) is 8.78 Å². The SMILES string of the molecule is CC[C@@H](N)c1cc(Br)c(F)c(F)c1O.Cl. The van der Waals surface area contributed by atoms with Gasteiger partial charge >= 0.3 is 0 Å². The molecular weight excluding hydrogens is 291 g/mol. The lowest BCUT2D eigenvalue weighted by Crippen LogP contribution is -2.10. The molecule has 0 aliphatic rings. The molecule has 86 valence electrons. The Hall–Kier alpha value is -0.390. The molecule has 0 amide bonds. The highest BCUT2D eigenvalue weighted by molar-refractivity contribution is 9.10. The summed E-state index contributed by atoms with van der Waals surface area (Å²) in [7, 11) is 0. The fourth-order valence-corrected chi connectivity index (χ4v) is 1.53. The van der Waals surface area contributed by atoms with E-state index >= 15 is 0 Å². The number of hydrogen-bond donors (Lipinski definition) is 2. The molecule has 0 bridgehead atoms. The predicted octanol–water partition coefficient (Wildman–Crippen LogP) is 3.26. The summed E-state index contributed by atoms with van der Waals surface area (Å²) in [5.41, 5.74) is 5.82. The molecule has 1 atom stereocenters. The molecule has 6 heteroatoms. The van der Waals surface area contributed by atoms with Gasteiger partial charge in [0, 0.05) is 11.6 Å². The van der Waals surface area contributed by atoms with E-state index in [0.717, 1.165) is 0 Å². The molecule has 2 nitrogen and oxygen atoms in total. The van der Waals surface area contributed by atoms with Gasteiger partial charge in [0.2, 0.25) is 5.82 Å². The first-order valence-electron chi connectivity index (χ1n) is 4.11. The second kappa shape index (κ2) is 5.63. The Morgan fingerprint density at radius 1 is 1.47 bits per heavy atom. The molecule has 0 saturated carbocycles. The molecule has 0 unspecified atom stereocenters. The van der Waals surface area contributed by atoms with Gasteiger partial charge in [-0.25, -0.2) is 4.39 Å². The van der Waals surface area contributed by atoms with Crippen molar-refractivity contribution in [1.29, 1.82) is 0 Å². The largest absolute Gasteiger partial charge is 0.505 e. The molecule has 0 saturated heterocycles. The fourth-order valence-electron chi connectivity index (χ4n) is 1.11. The maximum Gasteiger partial charge on any atom is 0.201 e. The van der Waals surface area contributed by atoms with Gasteiger partial charge in [-0.15, -0.1) is 12.4 Å². The summed E-state index contributed by atoms with van der Waals surface area (Å²) in [4.78, 5) is 0. The zero-order valence-corrected chi connectivity index (χ0v) is 10.3. The second-order valence-electron chi connectivity index (χ2n) is 2.94. The van der Waals surface area contributed by atoms with E-state index in [4.69, 9.17) is 5.73 Å². The minimum Gasteiger partial charge on any atom is -0.505 e. The molecular formula is C9H11BrClF2NO. The molecule has 0 aliphatic heterocycles. The lowest BCUT2D eigenvalue weighted by molar-refractivity contribution is 0.395. The van der Waals surface area contributed by atoms with Crippen LogP contribution in [0.15, 0.2) is 10.5 Å². The summed E-state index contributed by atoms with van der Waals surface area (Å²) in [6.07, 6.45) is 0.533. The standard InChI is InChI=1S/C9H10BrF2NO.ClH/c1-2-6(13)4-3-5(10)7(11)8(12)9(4)14;/h3,6,14H,2,13H2,1H3;1H/t6-;/m1./s1. The molecule has 0 aliphatic carbocycles. The highest BCUT2D eigenvalue weighted by Crippen LogP contribution is 2.33. The summed E-state index contributed by atoms with van der Waals surface area (Å²) in [6, 6.07) is 0.795. The smallest absolute Gasteiger partial charge is 0.201 e. The van der Waals surface area contributed by atoms with Gasteiger partial charge in [-0.1, -0.05) is 6.92 Å². The van der Waals surface area contributed by atoms with Crippen molar-refractivity contribution in [3.63, 3.8) is 0 Å². The zero-order valence-electron chi connectivity index (χ0n) is 7.93. The maximum atomic E-state index is 13.0. The third kappa shape index (κ3) is 2.80. The van der Waals surface area contributed by atoms with Crippen LogP contribution in [0.2, 0.25) is 0 Å². The van der Waals surface area contributed by atoms with Crippen LogP contribution in [0.25, 0.3) is 0 Å². The van der Waals surface area contributed by atoms with Gasteiger partial charge in [0.05, 0.1) is 4.47 Å². The van der Waals surface area contributed by atoms with Crippen molar-refractivity contribution in [3.8, 4) is 5.75 Å². The molecule has 0 fully saturated rings. The number of aromatic hydroxyl groups is 1. The zero-order chi connectivity index (χ0) is 10.9. The number of rotatable bonds is 2. The van der Waals surface area contributed by atoms with Gasteiger partial charge in [0.15, 0.2) is 11.6 Å². The van der Waals surface area contributed by atoms with Crippen molar-refractivity contribution >= 4 is 28.3 Å². The average Bonchev–Trinajstić information content (AvgIpc) is 2.19. The van der Waals surface area contributed by atoms with Crippen molar-refractivity contribution < 1.29 is 13.9 Å². The Morgan fingerprint density at radius 3 is 2.47 bits per heavy atom. The Morgan fingerprint density at radius 2 is 2.00 bits per heavy atom.